The number of urea groups is 1. The molecule has 1 aromatic rings. The van der Waals surface area contributed by atoms with Crippen molar-refractivity contribution >= 4 is 6.03 Å². The number of hydrogen-bond acceptors (Lipinski definition) is 3. The Bertz CT molecular complexity index is 461. The summed E-state index contributed by atoms with van der Waals surface area (Å²) in [7, 11) is 1.65. The van der Waals surface area contributed by atoms with E-state index in [1.807, 2.05) is 19.1 Å². The Morgan fingerprint density at radius 3 is 2.62 bits per heavy atom. The van der Waals surface area contributed by atoms with Crippen molar-refractivity contribution in [1.29, 1.82) is 0 Å². The zero-order valence-corrected chi connectivity index (χ0v) is 13.3. The number of primary amides is 1. The van der Waals surface area contributed by atoms with Crippen molar-refractivity contribution < 1.29 is 14.3 Å². The van der Waals surface area contributed by atoms with Gasteiger partial charge in [0.05, 0.1) is 6.61 Å². The van der Waals surface area contributed by atoms with Crippen molar-refractivity contribution in [2.75, 3.05) is 20.3 Å². The Labute approximate surface area is 126 Å². The van der Waals surface area contributed by atoms with Crippen LogP contribution in [-0.2, 0) is 11.2 Å². The van der Waals surface area contributed by atoms with E-state index < -0.39 is 6.03 Å². The van der Waals surface area contributed by atoms with Gasteiger partial charge in [0.2, 0.25) is 0 Å². The summed E-state index contributed by atoms with van der Waals surface area (Å²) < 4.78 is 10.7. The molecule has 21 heavy (non-hydrogen) atoms. The molecule has 5 nitrogen and oxygen atoms in total. The van der Waals surface area contributed by atoms with Crippen molar-refractivity contribution in [2.24, 2.45) is 11.7 Å². The maximum absolute atomic E-state index is 11.1. The Balaban J connectivity index is 2.77. The fourth-order valence-corrected chi connectivity index (χ4v) is 2.05. The van der Waals surface area contributed by atoms with Crippen LogP contribution in [-0.4, -0.2) is 32.4 Å². The quantitative estimate of drug-likeness (QED) is 0.722. The van der Waals surface area contributed by atoms with Crippen LogP contribution < -0.4 is 15.8 Å². The Kier molecular flexibility index (Phi) is 7.02. The average Bonchev–Trinajstić information content (AvgIpc) is 2.41. The molecule has 0 aliphatic heterocycles. The number of nitrogens with two attached hydrogens (primary N) is 1. The van der Waals surface area contributed by atoms with Gasteiger partial charge < -0.3 is 20.5 Å². The summed E-state index contributed by atoms with van der Waals surface area (Å²) in [4.78, 5) is 11.1. The van der Waals surface area contributed by atoms with Gasteiger partial charge in [0, 0.05) is 13.2 Å². The van der Waals surface area contributed by atoms with Crippen LogP contribution in [0.25, 0.3) is 0 Å². The number of carbonyl (C=O) groups is 1. The molecule has 2 amide bonds. The minimum atomic E-state index is -0.489. The summed E-state index contributed by atoms with van der Waals surface area (Å²) in [5, 5.41) is 2.79. The topological polar surface area (TPSA) is 73.6 Å². The van der Waals surface area contributed by atoms with E-state index in [4.69, 9.17) is 15.2 Å². The van der Waals surface area contributed by atoms with E-state index in [0.29, 0.717) is 19.1 Å². The average molecular weight is 294 g/mol. The monoisotopic (exact) mass is 294 g/mol. The van der Waals surface area contributed by atoms with E-state index in [9.17, 15) is 4.79 Å². The van der Waals surface area contributed by atoms with Crippen LogP contribution in [0.3, 0.4) is 0 Å². The van der Waals surface area contributed by atoms with Gasteiger partial charge in [-0.15, -0.1) is 0 Å². The molecule has 0 fully saturated rings. The second-order valence-electron chi connectivity index (χ2n) is 5.50. The van der Waals surface area contributed by atoms with E-state index in [-0.39, 0.29) is 6.04 Å². The predicted octanol–water partition coefficient (Wildman–Crippen LogP) is 2.26. The van der Waals surface area contributed by atoms with Gasteiger partial charge in [0.15, 0.2) is 0 Å². The normalized spacial score (nSPS) is 12.2. The van der Waals surface area contributed by atoms with Gasteiger partial charge in [0.25, 0.3) is 0 Å². The largest absolute Gasteiger partial charge is 0.491 e. The molecule has 0 aliphatic rings. The third-order valence-electron chi connectivity index (χ3n) is 3.39. The molecular weight excluding hydrogens is 268 g/mol. The first-order valence-electron chi connectivity index (χ1n) is 7.21. The maximum atomic E-state index is 11.1. The number of rotatable bonds is 8. The van der Waals surface area contributed by atoms with E-state index >= 15 is 0 Å². The lowest BCUT2D eigenvalue weighted by Crippen LogP contribution is -2.43. The number of hydrogen-bond donors (Lipinski definition) is 2. The van der Waals surface area contributed by atoms with Crippen molar-refractivity contribution in [3.05, 3.63) is 29.3 Å². The van der Waals surface area contributed by atoms with E-state index in [1.54, 1.807) is 7.11 Å². The highest BCUT2D eigenvalue weighted by atomic mass is 16.5. The van der Waals surface area contributed by atoms with Crippen LogP contribution in [0.1, 0.15) is 25.0 Å². The molecule has 3 N–H and O–H groups in total. The lowest BCUT2D eigenvalue weighted by molar-refractivity contribution is 0.146. The van der Waals surface area contributed by atoms with Crippen LogP contribution >= 0.6 is 0 Å². The number of ether oxygens (including phenoxy) is 2. The van der Waals surface area contributed by atoms with Crippen molar-refractivity contribution in [1.82, 2.24) is 5.32 Å². The Morgan fingerprint density at radius 1 is 1.33 bits per heavy atom. The van der Waals surface area contributed by atoms with E-state index in [0.717, 1.165) is 23.3 Å². The van der Waals surface area contributed by atoms with Gasteiger partial charge in [-0.1, -0.05) is 26.0 Å². The summed E-state index contributed by atoms with van der Waals surface area (Å²) in [6.45, 7) is 7.21. The third-order valence-corrected chi connectivity index (χ3v) is 3.39. The van der Waals surface area contributed by atoms with Gasteiger partial charge >= 0.3 is 6.03 Å². The summed E-state index contributed by atoms with van der Waals surface area (Å²) in [5.74, 6) is 1.16. The molecule has 0 radical (unpaired) electrons. The zero-order valence-electron chi connectivity index (χ0n) is 13.3. The van der Waals surface area contributed by atoms with E-state index in [1.165, 1.54) is 0 Å². The molecule has 5 heteroatoms. The van der Waals surface area contributed by atoms with Gasteiger partial charge in [-0.25, -0.2) is 4.79 Å². The molecule has 0 saturated heterocycles. The summed E-state index contributed by atoms with van der Waals surface area (Å²) in [6.07, 6.45) is 0.724. The molecule has 1 atom stereocenters. The smallest absolute Gasteiger partial charge is 0.312 e. The van der Waals surface area contributed by atoms with E-state index in [2.05, 4.69) is 25.2 Å². The Hall–Kier alpha value is -1.75. The predicted molar refractivity (Wildman–Crippen MR) is 83.6 cm³/mol. The third kappa shape index (κ3) is 6.04. The molecule has 1 rings (SSSR count). The number of carbonyl (C=O) groups excluding carboxylic acids is 1. The van der Waals surface area contributed by atoms with Crippen molar-refractivity contribution in [3.63, 3.8) is 0 Å². The number of nitrogens with one attached hydrogen (secondary N) is 1. The number of amides is 2. The summed E-state index contributed by atoms with van der Waals surface area (Å²) >= 11 is 0. The zero-order chi connectivity index (χ0) is 15.8. The highest BCUT2D eigenvalue weighted by Crippen LogP contribution is 2.21. The fraction of sp³-hybridized carbons (Fsp3) is 0.562. The van der Waals surface area contributed by atoms with Crippen LogP contribution in [0.2, 0.25) is 0 Å². The number of aryl methyl sites for hydroxylation is 1. The standard InChI is InChI=1S/C16H26N2O3/c1-11(2)14(18-16(17)19)9-13-6-5-12(3)15(10-13)21-8-7-20-4/h5-6,10-11,14H,7-9H2,1-4H3,(H3,17,18,19). The fourth-order valence-electron chi connectivity index (χ4n) is 2.05. The van der Waals surface area contributed by atoms with Crippen LogP contribution in [0, 0.1) is 12.8 Å². The minimum absolute atomic E-state index is 0.0111. The van der Waals surface area contributed by atoms with Gasteiger partial charge in [-0.2, -0.15) is 0 Å². The summed E-state index contributed by atoms with van der Waals surface area (Å²) in [6, 6.07) is 5.62. The van der Waals surface area contributed by atoms with Crippen LogP contribution in [0.4, 0.5) is 4.79 Å². The number of methoxy groups -OCH3 is 1. The first-order chi connectivity index (χ1) is 9.93. The Morgan fingerprint density at radius 2 is 2.05 bits per heavy atom. The molecule has 0 bridgehead atoms. The molecule has 118 valence electrons. The van der Waals surface area contributed by atoms with Crippen LogP contribution in [0.15, 0.2) is 18.2 Å². The second kappa shape index (κ2) is 8.52. The van der Waals surface area contributed by atoms with Gasteiger partial charge in [-0.05, 0) is 36.5 Å². The van der Waals surface area contributed by atoms with Crippen LogP contribution in [0.5, 0.6) is 5.75 Å². The lowest BCUT2D eigenvalue weighted by Gasteiger charge is -2.22. The molecule has 0 saturated carbocycles. The molecule has 0 aromatic heterocycles. The minimum Gasteiger partial charge on any atom is -0.491 e. The molecule has 0 aliphatic carbocycles. The molecular formula is C16H26N2O3. The maximum Gasteiger partial charge on any atom is 0.312 e. The molecule has 0 spiro atoms. The highest BCUT2D eigenvalue weighted by molar-refractivity contribution is 5.72. The first kappa shape index (κ1) is 17.3. The number of benzene rings is 1. The second-order valence-corrected chi connectivity index (χ2v) is 5.50. The van der Waals surface area contributed by atoms with Gasteiger partial charge in [0.1, 0.15) is 12.4 Å². The summed E-state index contributed by atoms with van der Waals surface area (Å²) in [5.41, 5.74) is 7.42. The first-order valence-corrected chi connectivity index (χ1v) is 7.21. The molecule has 1 aromatic carbocycles. The SMILES string of the molecule is COCCOc1cc(CC(NC(N)=O)C(C)C)ccc1C. The molecule has 1 unspecified atom stereocenters. The van der Waals surface area contributed by atoms with Crippen molar-refractivity contribution in [3.8, 4) is 5.75 Å². The lowest BCUT2D eigenvalue weighted by atomic mass is 9.96. The van der Waals surface area contributed by atoms with Gasteiger partial charge in [-0.3, -0.25) is 0 Å². The van der Waals surface area contributed by atoms with Crippen molar-refractivity contribution in [2.45, 2.75) is 33.2 Å². The molecule has 0 heterocycles. The highest BCUT2D eigenvalue weighted by Gasteiger charge is 2.16.